The first kappa shape index (κ1) is 16.5. The van der Waals surface area contributed by atoms with Crippen molar-refractivity contribution in [3.63, 3.8) is 0 Å². The van der Waals surface area contributed by atoms with E-state index in [0.717, 1.165) is 9.13 Å². The summed E-state index contributed by atoms with van der Waals surface area (Å²) in [4.78, 5) is 0.176. The lowest BCUT2D eigenvalue weighted by atomic mass is 10.2. The van der Waals surface area contributed by atoms with Gasteiger partial charge in [0.05, 0.1) is 10.6 Å². The monoisotopic (exact) mass is 437 g/mol. The van der Waals surface area contributed by atoms with Gasteiger partial charge in [-0.1, -0.05) is 23.7 Å². The van der Waals surface area contributed by atoms with Gasteiger partial charge in [0.2, 0.25) is 0 Å². The molecule has 21 heavy (non-hydrogen) atoms. The van der Waals surface area contributed by atoms with Crippen LogP contribution in [0.1, 0.15) is 5.56 Å². The van der Waals surface area contributed by atoms with Gasteiger partial charge in [0, 0.05) is 15.2 Å². The first-order chi connectivity index (χ1) is 9.92. The molecule has 0 saturated carbocycles. The molecule has 0 amide bonds. The van der Waals surface area contributed by atoms with Gasteiger partial charge in [0.25, 0.3) is 10.0 Å². The van der Waals surface area contributed by atoms with E-state index in [1.807, 2.05) is 22.6 Å². The molecule has 0 saturated heterocycles. The topological polar surface area (TPSA) is 66.4 Å². The Bertz CT molecular complexity index is 732. The molecule has 4 nitrogen and oxygen atoms in total. The number of halogens is 2. The van der Waals surface area contributed by atoms with Crippen LogP contribution in [0.3, 0.4) is 0 Å². The van der Waals surface area contributed by atoms with Crippen molar-refractivity contribution in [1.29, 1.82) is 0 Å². The first-order valence-corrected chi connectivity index (χ1v) is 9.04. The molecule has 2 aromatic carbocycles. The second-order valence-corrected chi connectivity index (χ2v) is 7.63. The first-order valence-electron chi connectivity index (χ1n) is 6.10. The lowest BCUT2D eigenvalue weighted by Gasteiger charge is -2.10. The van der Waals surface area contributed by atoms with Crippen LogP contribution in [-0.4, -0.2) is 20.1 Å². The van der Waals surface area contributed by atoms with Gasteiger partial charge < -0.3 is 5.11 Å². The summed E-state index contributed by atoms with van der Waals surface area (Å²) in [6.07, 6.45) is 0.503. The SMILES string of the molecule is O=S(=O)(Nc1ccc(Cl)cc1I)c1ccc(CCO)cc1. The molecule has 0 heterocycles. The third-order valence-corrected chi connectivity index (χ3v) is 5.32. The van der Waals surface area contributed by atoms with Crippen LogP contribution in [0.4, 0.5) is 5.69 Å². The Morgan fingerprint density at radius 2 is 1.81 bits per heavy atom. The van der Waals surface area contributed by atoms with Crippen molar-refractivity contribution in [1.82, 2.24) is 0 Å². The van der Waals surface area contributed by atoms with Gasteiger partial charge >= 0.3 is 0 Å². The van der Waals surface area contributed by atoms with E-state index in [-0.39, 0.29) is 11.5 Å². The smallest absolute Gasteiger partial charge is 0.261 e. The maximum Gasteiger partial charge on any atom is 0.261 e. The minimum Gasteiger partial charge on any atom is -0.396 e. The van der Waals surface area contributed by atoms with Crippen LogP contribution in [0.5, 0.6) is 0 Å². The highest BCUT2D eigenvalue weighted by atomic mass is 127. The fraction of sp³-hybridized carbons (Fsp3) is 0.143. The molecule has 112 valence electrons. The Morgan fingerprint density at radius 1 is 1.14 bits per heavy atom. The predicted octanol–water partition coefficient (Wildman–Crippen LogP) is 3.28. The van der Waals surface area contributed by atoms with Crippen molar-refractivity contribution in [2.45, 2.75) is 11.3 Å². The van der Waals surface area contributed by atoms with Crippen molar-refractivity contribution in [3.05, 3.63) is 56.6 Å². The Hall–Kier alpha value is -0.830. The molecule has 0 atom stereocenters. The molecule has 0 unspecified atom stereocenters. The molecular formula is C14H13ClINO3S. The third kappa shape index (κ3) is 4.32. The van der Waals surface area contributed by atoms with Crippen molar-refractivity contribution >= 4 is 49.9 Å². The number of hydrogen-bond acceptors (Lipinski definition) is 3. The summed E-state index contributed by atoms with van der Waals surface area (Å²) in [5.74, 6) is 0. The number of sulfonamides is 1. The van der Waals surface area contributed by atoms with E-state index in [1.165, 1.54) is 12.1 Å². The van der Waals surface area contributed by atoms with Gasteiger partial charge in [-0.25, -0.2) is 8.42 Å². The highest BCUT2D eigenvalue weighted by Gasteiger charge is 2.15. The Morgan fingerprint density at radius 3 is 2.38 bits per heavy atom. The molecule has 0 aromatic heterocycles. The van der Waals surface area contributed by atoms with E-state index in [4.69, 9.17) is 16.7 Å². The number of rotatable bonds is 5. The lowest BCUT2D eigenvalue weighted by molar-refractivity contribution is 0.299. The summed E-state index contributed by atoms with van der Waals surface area (Å²) in [6, 6.07) is 11.4. The summed E-state index contributed by atoms with van der Waals surface area (Å²) in [5, 5.41) is 9.41. The van der Waals surface area contributed by atoms with Gasteiger partial charge in [-0.15, -0.1) is 0 Å². The highest BCUT2D eigenvalue weighted by molar-refractivity contribution is 14.1. The minimum atomic E-state index is -3.64. The number of aliphatic hydroxyl groups is 1. The van der Waals surface area contributed by atoms with E-state index in [0.29, 0.717) is 17.1 Å². The molecule has 0 aliphatic rings. The van der Waals surface area contributed by atoms with E-state index in [2.05, 4.69) is 4.72 Å². The predicted molar refractivity (Wildman–Crippen MR) is 92.2 cm³/mol. The van der Waals surface area contributed by atoms with Crippen molar-refractivity contribution in [2.24, 2.45) is 0 Å². The highest BCUT2D eigenvalue weighted by Crippen LogP contribution is 2.25. The van der Waals surface area contributed by atoms with E-state index in [9.17, 15) is 8.42 Å². The Kier molecular flexibility index (Phi) is 5.48. The molecule has 0 bridgehead atoms. The van der Waals surface area contributed by atoms with Crippen LogP contribution in [0.15, 0.2) is 47.4 Å². The minimum absolute atomic E-state index is 0.0350. The zero-order chi connectivity index (χ0) is 15.5. The van der Waals surface area contributed by atoms with Crippen LogP contribution >= 0.6 is 34.2 Å². The second-order valence-electron chi connectivity index (χ2n) is 4.35. The standard InChI is InChI=1S/C14H13ClINO3S/c15-11-3-6-14(13(16)9-11)17-21(19,20)12-4-1-10(2-5-12)7-8-18/h1-6,9,17-18H,7-8H2. The van der Waals surface area contributed by atoms with Gasteiger partial charge in [-0.05, 0) is 64.9 Å². The molecule has 2 rings (SSSR count). The zero-order valence-corrected chi connectivity index (χ0v) is 14.6. The van der Waals surface area contributed by atoms with Crippen molar-refractivity contribution in [3.8, 4) is 0 Å². The van der Waals surface area contributed by atoms with Crippen LogP contribution in [-0.2, 0) is 16.4 Å². The zero-order valence-electron chi connectivity index (χ0n) is 10.9. The molecule has 2 aromatic rings. The molecule has 0 aliphatic carbocycles. The number of nitrogens with one attached hydrogen (secondary N) is 1. The molecule has 0 spiro atoms. The fourth-order valence-corrected chi connectivity index (χ4v) is 4.01. The van der Waals surface area contributed by atoms with Crippen molar-refractivity contribution in [2.75, 3.05) is 11.3 Å². The summed E-state index contributed by atoms with van der Waals surface area (Å²) in [6.45, 7) is 0.0350. The normalized spacial score (nSPS) is 11.4. The van der Waals surface area contributed by atoms with Crippen molar-refractivity contribution < 1.29 is 13.5 Å². The summed E-state index contributed by atoms with van der Waals surface area (Å²) < 4.78 is 27.9. The lowest BCUT2D eigenvalue weighted by Crippen LogP contribution is -2.13. The Labute approximate surface area is 142 Å². The number of benzene rings is 2. The van der Waals surface area contributed by atoms with Crippen LogP contribution in [0.2, 0.25) is 5.02 Å². The van der Waals surface area contributed by atoms with Gasteiger partial charge in [-0.3, -0.25) is 4.72 Å². The maximum atomic E-state index is 12.3. The van der Waals surface area contributed by atoms with E-state index in [1.54, 1.807) is 30.3 Å². The summed E-state index contributed by atoms with van der Waals surface area (Å²) in [5.41, 5.74) is 1.37. The van der Waals surface area contributed by atoms with Gasteiger partial charge in [0.15, 0.2) is 0 Å². The maximum absolute atomic E-state index is 12.3. The molecular weight excluding hydrogens is 425 g/mol. The Balaban J connectivity index is 2.25. The average molecular weight is 438 g/mol. The molecule has 7 heteroatoms. The third-order valence-electron chi connectivity index (χ3n) is 2.81. The molecule has 0 aliphatic heterocycles. The number of anilines is 1. The molecule has 0 fully saturated rings. The van der Waals surface area contributed by atoms with E-state index < -0.39 is 10.0 Å². The number of hydrogen-bond donors (Lipinski definition) is 2. The van der Waals surface area contributed by atoms with E-state index >= 15 is 0 Å². The fourth-order valence-electron chi connectivity index (χ4n) is 1.74. The quantitative estimate of drug-likeness (QED) is 0.706. The summed E-state index contributed by atoms with van der Waals surface area (Å²) in [7, 11) is -3.64. The van der Waals surface area contributed by atoms with Gasteiger partial charge in [-0.2, -0.15) is 0 Å². The number of aliphatic hydroxyl groups excluding tert-OH is 1. The summed E-state index contributed by atoms with van der Waals surface area (Å²) >= 11 is 7.87. The van der Waals surface area contributed by atoms with Crippen LogP contribution in [0.25, 0.3) is 0 Å². The largest absolute Gasteiger partial charge is 0.396 e. The average Bonchev–Trinajstić information content (AvgIpc) is 2.43. The van der Waals surface area contributed by atoms with Crippen LogP contribution < -0.4 is 4.72 Å². The van der Waals surface area contributed by atoms with Gasteiger partial charge in [0.1, 0.15) is 0 Å². The van der Waals surface area contributed by atoms with Crippen LogP contribution in [0, 0.1) is 3.57 Å². The molecule has 2 N–H and O–H groups in total. The second kappa shape index (κ2) is 6.95. The molecule has 0 radical (unpaired) electrons.